The number of hydrogen-bond acceptors (Lipinski definition) is 6. The minimum atomic E-state index is -4.47. The first-order valence-corrected chi connectivity index (χ1v) is 8.05. The number of ether oxygens (including phenoxy) is 1. The number of pyridine rings is 1. The molecule has 0 fully saturated rings. The molecule has 0 aliphatic heterocycles. The van der Waals surface area contributed by atoms with Crippen LogP contribution < -0.4 is 15.6 Å². The van der Waals surface area contributed by atoms with E-state index in [1.807, 2.05) is 0 Å². The number of fused-ring (bicyclic) bond motifs is 1. The summed E-state index contributed by atoms with van der Waals surface area (Å²) in [6, 6.07) is 9.42. The predicted molar refractivity (Wildman–Crippen MR) is 91.4 cm³/mol. The molecule has 1 amide bonds. The molecule has 3 rings (SSSR count). The summed E-state index contributed by atoms with van der Waals surface area (Å²) >= 11 is 0. The van der Waals surface area contributed by atoms with Crippen LogP contribution in [-0.4, -0.2) is 38.7 Å². The van der Waals surface area contributed by atoms with Gasteiger partial charge in [0.2, 0.25) is 11.8 Å². The molecule has 3 aromatic rings. The van der Waals surface area contributed by atoms with Crippen molar-refractivity contribution in [3.8, 4) is 5.88 Å². The van der Waals surface area contributed by atoms with E-state index in [4.69, 9.17) is 0 Å². The van der Waals surface area contributed by atoms with E-state index < -0.39 is 24.2 Å². The van der Waals surface area contributed by atoms with Crippen LogP contribution in [0.25, 0.3) is 10.9 Å². The van der Waals surface area contributed by atoms with Gasteiger partial charge in [0.15, 0.2) is 6.61 Å². The summed E-state index contributed by atoms with van der Waals surface area (Å²) in [7, 11) is 0. The first-order chi connectivity index (χ1) is 13.3. The van der Waals surface area contributed by atoms with E-state index in [1.54, 1.807) is 24.3 Å². The third-order valence-electron chi connectivity index (χ3n) is 3.60. The first kappa shape index (κ1) is 19.3. The zero-order valence-electron chi connectivity index (χ0n) is 14.3. The van der Waals surface area contributed by atoms with Gasteiger partial charge in [-0.1, -0.05) is 17.3 Å². The van der Waals surface area contributed by atoms with E-state index in [0.717, 1.165) is 4.68 Å². The number of rotatable bonds is 6. The maximum atomic E-state index is 12.3. The number of hydrogen-bond donors (Lipinski definition) is 1. The van der Waals surface area contributed by atoms with Gasteiger partial charge in [-0.25, -0.2) is 9.67 Å². The van der Waals surface area contributed by atoms with Crippen LogP contribution in [0.4, 0.5) is 13.2 Å². The highest BCUT2D eigenvalue weighted by molar-refractivity contribution is 5.78. The second-order valence-corrected chi connectivity index (χ2v) is 5.75. The number of aromatic nitrogens is 4. The lowest BCUT2D eigenvalue weighted by Crippen LogP contribution is -2.34. The number of carbonyl (C=O) groups excluding carboxylic acids is 1. The van der Waals surface area contributed by atoms with E-state index in [-0.39, 0.29) is 19.0 Å². The van der Waals surface area contributed by atoms with Crippen LogP contribution in [-0.2, 0) is 17.9 Å². The zero-order chi connectivity index (χ0) is 20.1. The average Bonchev–Trinajstić information content (AvgIpc) is 2.67. The molecule has 0 bridgehead atoms. The minimum absolute atomic E-state index is 0.0134. The van der Waals surface area contributed by atoms with Crippen molar-refractivity contribution >= 4 is 16.8 Å². The van der Waals surface area contributed by atoms with E-state index in [1.165, 1.54) is 18.3 Å². The van der Waals surface area contributed by atoms with Gasteiger partial charge in [0.05, 0.1) is 5.39 Å². The highest BCUT2D eigenvalue weighted by Gasteiger charge is 2.28. The van der Waals surface area contributed by atoms with Crippen molar-refractivity contribution in [2.45, 2.75) is 19.3 Å². The summed E-state index contributed by atoms with van der Waals surface area (Å²) < 4.78 is 42.0. The number of alkyl halides is 3. The van der Waals surface area contributed by atoms with Crippen LogP contribution in [0.3, 0.4) is 0 Å². The minimum Gasteiger partial charge on any atom is -0.468 e. The Balaban J connectivity index is 1.60. The van der Waals surface area contributed by atoms with E-state index in [9.17, 15) is 22.8 Å². The second-order valence-electron chi connectivity index (χ2n) is 5.75. The Morgan fingerprint density at radius 3 is 2.79 bits per heavy atom. The Bertz CT molecular complexity index is 1050. The molecule has 1 aromatic carbocycles. The number of carbonyl (C=O) groups is 1. The molecule has 0 spiro atoms. The van der Waals surface area contributed by atoms with Gasteiger partial charge in [-0.05, 0) is 23.8 Å². The number of benzene rings is 1. The Morgan fingerprint density at radius 2 is 2.00 bits per heavy atom. The number of amides is 1. The molecule has 0 saturated heterocycles. The largest absolute Gasteiger partial charge is 0.468 e. The molecule has 2 heterocycles. The van der Waals surface area contributed by atoms with Gasteiger partial charge in [-0.2, -0.15) is 13.2 Å². The zero-order valence-corrected chi connectivity index (χ0v) is 14.3. The third kappa shape index (κ3) is 5.02. The molecular formula is C17H14F3N5O3. The molecule has 146 valence electrons. The fourth-order valence-electron chi connectivity index (χ4n) is 2.31. The summed E-state index contributed by atoms with van der Waals surface area (Å²) in [5.41, 5.74) is 0.456. The van der Waals surface area contributed by atoms with Gasteiger partial charge in [0.25, 0.3) is 5.56 Å². The Morgan fingerprint density at radius 1 is 1.21 bits per heavy atom. The Labute approximate surface area is 156 Å². The van der Waals surface area contributed by atoms with Crippen LogP contribution in [0, 0.1) is 0 Å². The van der Waals surface area contributed by atoms with Crippen LogP contribution in [0.5, 0.6) is 5.88 Å². The Kier molecular flexibility index (Phi) is 5.52. The van der Waals surface area contributed by atoms with Gasteiger partial charge in [-0.3, -0.25) is 9.59 Å². The Hall–Kier alpha value is -3.50. The molecule has 1 N–H and O–H groups in total. The highest BCUT2D eigenvalue weighted by Crippen LogP contribution is 2.17. The van der Waals surface area contributed by atoms with Crippen LogP contribution in [0.2, 0.25) is 0 Å². The second kappa shape index (κ2) is 8.03. The van der Waals surface area contributed by atoms with Gasteiger partial charge >= 0.3 is 6.18 Å². The van der Waals surface area contributed by atoms with Crippen molar-refractivity contribution in [3.05, 3.63) is 58.5 Å². The van der Waals surface area contributed by atoms with E-state index in [0.29, 0.717) is 16.5 Å². The maximum Gasteiger partial charge on any atom is 0.422 e. The molecule has 0 saturated carbocycles. The van der Waals surface area contributed by atoms with Crippen molar-refractivity contribution in [1.29, 1.82) is 0 Å². The molecule has 0 unspecified atom stereocenters. The smallest absolute Gasteiger partial charge is 0.422 e. The van der Waals surface area contributed by atoms with Crippen LogP contribution in [0.1, 0.15) is 5.56 Å². The molecular weight excluding hydrogens is 379 g/mol. The lowest BCUT2D eigenvalue weighted by atomic mass is 10.2. The van der Waals surface area contributed by atoms with Crippen LogP contribution in [0.15, 0.2) is 47.4 Å². The maximum absolute atomic E-state index is 12.3. The predicted octanol–water partition coefficient (Wildman–Crippen LogP) is 1.44. The van der Waals surface area contributed by atoms with Crippen molar-refractivity contribution in [2.24, 2.45) is 0 Å². The molecule has 0 aliphatic rings. The highest BCUT2D eigenvalue weighted by atomic mass is 19.4. The average molecular weight is 393 g/mol. The van der Waals surface area contributed by atoms with Gasteiger partial charge in [-0.15, -0.1) is 5.10 Å². The SMILES string of the molecule is O=C(Cn1nnc2ccccc2c1=O)NCc1ccnc(OCC(F)(F)F)c1. The molecule has 28 heavy (non-hydrogen) atoms. The van der Waals surface area contributed by atoms with E-state index in [2.05, 4.69) is 25.3 Å². The molecule has 0 radical (unpaired) electrons. The van der Waals surface area contributed by atoms with Crippen molar-refractivity contribution in [3.63, 3.8) is 0 Å². The fraction of sp³-hybridized carbons (Fsp3) is 0.235. The van der Waals surface area contributed by atoms with Gasteiger partial charge < -0.3 is 10.1 Å². The monoisotopic (exact) mass is 393 g/mol. The molecule has 2 aromatic heterocycles. The fourth-order valence-corrected chi connectivity index (χ4v) is 2.31. The summed E-state index contributed by atoms with van der Waals surface area (Å²) in [6.45, 7) is -1.79. The summed E-state index contributed by atoms with van der Waals surface area (Å²) in [4.78, 5) is 28.1. The standard InChI is InChI=1S/C17H14F3N5O3/c18-17(19,20)10-28-15-7-11(5-6-21-15)8-22-14(26)9-25-16(27)12-3-1-2-4-13(12)23-24-25/h1-7H,8-10H2,(H,22,26). The van der Waals surface area contributed by atoms with Crippen molar-refractivity contribution in [2.75, 3.05) is 6.61 Å². The normalized spacial score (nSPS) is 11.4. The summed E-state index contributed by atoms with van der Waals surface area (Å²) in [5, 5.41) is 10.5. The van der Waals surface area contributed by atoms with Gasteiger partial charge in [0.1, 0.15) is 12.1 Å². The molecule has 11 heteroatoms. The van der Waals surface area contributed by atoms with E-state index >= 15 is 0 Å². The number of nitrogens with zero attached hydrogens (tertiary/aromatic N) is 4. The lowest BCUT2D eigenvalue weighted by molar-refractivity contribution is -0.154. The topological polar surface area (TPSA) is 99.0 Å². The number of nitrogens with one attached hydrogen (secondary N) is 1. The van der Waals surface area contributed by atoms with Crippen molar-refractivity contribution < 1.29 is 22.7 Å². The summed E-state index contributed by atoms with van der Waals surface area (Å²) in [6.07, 6.45) is -3.20. The summed E-state index contributed by atoms with van der Waals surface area (Å²) in [5.74, 6) is -0.720. The number of halogens is 3. The molecule has 0 aliphatic carbocycles. The third-order valence-corrected chi connectivity index (χ3v) is 3.60. The lowest BCUT2D eigenvalue weighted by Gasteiger charge is -2.10. The van der Waals surface area contributed by atoms with Crippen molar-refractivity contribution in [1.82, 2.24) is 25.3 Å². The molecule has 8 nitrogen and oxygen atoms in total. The first-order valence-electron chi connectivity index (χ1n) is 8.05. The van der Waals surface area contributed by atoms with Gasteiger partial charge in [0, 0.05) is 18.8 Å². The quantitative estimate of drug-likeness (QED) is 0.681. The van der Waals surface area contributed by atoms with Crippen LogP contribution >= 0.6 is 0 Å². The molecule has 0 atom stereocenters.